The number of aryl methyl sites for hydroxylation is 2. The molecule has 0 saturated heterocycles. The Bertz CT molecular complexity index is 956. The topological polar surface area (TPSA) is 57.6 Å². The van der Waals surface area contributed by atoms with Gasteiger partial charge in [0.1, 0.15) is 6.54 Å². The zero-order valence-electron chi connectivity index (χ0n) is 19.6. The maximum atomic E-state index is 13.5. The Morgan fingerprint density at radius 2 is 1.69 bits per heavy atom. The second-order valence-electron chi connectivity index (χ2n) is 9.46. The molecule has 0 atom stereocenters. The van der Waals surface area contributed by atoms with Crippen LogP contribution in [-0.4, -0.2) is 44.9 Å². The number of nitrogens with zero attached hydrogens (tertiary/aromatic N) is 3. The number of rotatable bonds is 7. The number of amides is 3. The minimum absolute atomic E-state index is 0.0513. The quantitative estimate of drug-likeness (QED) is 0.664. The molecule has 1 N–H and O–H groups in total. The van der Waals surface area contributed by atoms with Gasteiger partial charge < -0.3 is 19.7 Å². The number of urea groups is 1. The van der Waals surface area contributed by atoms with Crippen LogP contribution in [0.4, 0.5) is 10.5 Å². The monoisotopic (exact) mass is 436 g/mol. The van der Waals surface area contributed by atoms with Gasteiger partial charge in [0.15, 0.2) is 0 Å². The van der Waals surface area contributed by atoms with E-state index in [2.05, 4.69) is 16.0 Å². The van der Waals surface area contributed by atoms with E-state index >= 15 is 0 Å². The standard InChI is InChI=1S/C26H36N4O2/c1-19-9-7-13-24(20(19)2)27-26(32)30(21-10-5-4-6-11-21)18-25(31)29(22-14-15-22)17-23-12-8-16-28(23)3/h7-9,12-13,16,21-22H,4-6,10-11,14-15,17-18H2,1-3H3,(H,27,32). The van der Waals surface area contributed by atoms with E-state index in [4.69, 9.17) is 0 Å². The van der Waals surface area contributed by atoms with Crippen LogP contribution in [0, 0.1) is 13.8 Å². The first-order valence-electron chi connectivity index (χ1n) is 12.0. The van der Waals surface area contributed by atoms with Crippen molar-refractivity contribution in [1.82, 2.24) is 14.4 Å². The Morgan fingerprint density at radius 3 is 2.34 bits per heavy atom. The normalized spacial score (nSPS) is 16.6. The summed E-state index contributed by atoms with van der Waals surface area (Å²) in [6.07, 6.45) is 9.48. The summed E-state index contributed by atoms with van der Waals surface area (Å²) >= 11 is 0. The molecule has 2 aliphatic carbocycles. The number of hydrogen-bond donors (Lipinski definition) is 1. The summed E-state index contributed by atoms with van der Waals surface area (Å²) in [6.45, 7) is 4.81. The highest BCUT2D eigenvalue weighted by atomic mass is 16.2. The van der Waals surface area contributed by atoms with Gasteiger partial charge in [0.2, 0.25) is 5.91 Å². The van der Waals surface area contributed by atoms with Gasteiger partial charge in [-0.05, 0) is 68.9 Å². The third kappa shape index (κ3) is 5.17. The highest BCUT2D eigenvalue weighted by molar-refractivity contribution is 5.93. The van der Waals surface area contributed by atoms with Crippen LogP contribution in [0.1, 0.15) is 61.8 Å². The molecule has 1 heterocycles. The smallest absolute Gasteiger partial charge is 0.322 e. The Kier molecular flexibility index (Phi) is 6.87. The lowest BCUT2D eigenvalue weighted by molar-refractivity contribution is -0.133. The van der Waals surface area contributed by atoms with E-state index in [-0.39, 0.29) is 24.5 Å². The third-order valence-electron chi connectivity index (χ3n) is 7.12. The molecule has 0 bridgehead atoms. The van der Waals surface area contributed by atoms with Crippen molar-refractivity contribution in [1.29, 1.82) is 0 Å². The Hall–Kier alpha value is -2.76. The van der Waals surface area contributed by atoms with Crippen LogP contribution in [0.25, 0.3) is 0 Å². The minimum atomic E-state index is -0.159. The van der Waals surface area contributed by atoms with Gasteiger partial charge in [0, 0.05) is 36.7 Å². The molecule has 0 spiro atoms. The van der Waals surface area contributed by atoms with Crippen molar-refractivity contribution in [3.8, 4) is 0 Å². The Morgan fingerprint density at radius 1 is 0.969 bits per heavy atom. The van der Waals surface area contributed by atoms with E-state index in [1.807, 2.05) is 61.2 Å². The maximum Gasteiger partial charge on any atom is 0.322 e. The van der Waals surface area contributed by atoms with Crippen LogP contribution in [0.2, 0.25) is 0 Å². The van der Waals surface area contributed by atoms with Crippen molar-refractivity contribution in [3.05, 3.63) is 53.3 Å². The predicted molar refractivity (Wildman–Crippen MR) is 127 cm³/mol. The highest BCUT2D eigenvalue weighted by Gasteiger charge is 2.36. The molecule has 0 radical (unpaired) electrons. The molecular weight excluding hydrogens is 400 g/mol. The lowest BCUT2D eigenvalue weighted by atomic mass is 9.94. The fraction of sp³-hybridized carbons (Fsp3) is 0.538. The number of benzene rings is 1. The third-order valence-corrected chi connectivity index (χ3v) is 7.12. The summed E-state index contributed by atoms with van der Waals surface area (Å²) < 4.78 is 2.06. The second-order valence-corrected chi connectivity index (χ2v) is 9.46. The zero-order valence-corrected chi connectivity index (χ0v) is 19.6. The van der Waals surface area contributed by atoms with Gasteiger partial charge in [-0.1, -0.05) is 31.4 Å². The van der Waals surface area contributed by atoms with Crippen LogP contribution < -0.4 is 5.32 Å². The average Bonchev–Trinajstić information content (AvgIpc) is 3.55. The van der Waals surface area contributed by atoms with Gasteiger partial charge in [-0.25, -0.2) is 4.79 Å². The van der Waals surface area contributed by atoms with E-state index in [1.165, 1.54) is 6.42 Å². The van der Waals surface area contributed by atoms with Gasteiger partial charge in [-0.15, -0.1) is 0 Å². The molecule has 2 aromatic rings. The molecule has 2 aliphatic rings. The fourth-order valence-electron chi connectivity index (χ4n) is 4.71. The Balaban J connectivity index is 1.51. The molecule has 172 valence electrons. The molecule has 3 amide bonds. The Labute approximate surface area is 191 Å². The molecule has 2 fully saturated rings. The summed E-state index contributed by atoms with van der Waals surface area (Å²) in [5.41, 5.74) is 4.16. The van der Waals surface area contributed by atoms with E-state index in [9.17, 15) is 9.59 Å². The maximum absolute atomic E-state index is 13.5. The summed E-state index contributed by atoms with van der Waals surface area (Å²) in [5.74, 6) is 0.0513. The molecule has 0 aliphatic heterocycles. The molecule has 6 heteroatoms. The highest BCUT2D eigenvalue weighted by Crippen LogP contribution is 2.30. The van der Waals surface area contributed by atoms with Crippen molar-refractivity contribution in [2.75, 3.05) is 11.9 Å². The zero-order chi connectivity index (χ0) is 22.7. The molecule has 1 aromatic carbocycles. The van der Waals surface area contributed by atoms with Crippen molar-refractivity contribution < 1.29 is 9.59 Å². The second kappa shape index (κ2) is 9.80. The van der Waals surface area contributed by atoms with Crippen LogP contribution in [0.15, 0.2) is 36.5 Å². The van der Waals surface area contributed by atoms with E-state index < -0.39 is 0 Å². The minimum Gasteiger partial charge on any atom is -0.353 e. The van der Waals surface area contributed by atoms with Gasteiger partial charge in [0.05, 0.1) is 6.54 Å². The number of aromatic nitrogens is 1. The first-order valence-corrected chi connectivity index (χ1v) is 12.0. The lowest BCUT2D eigenvalue weighted by Gasteiger charge is -2.35. The predicted octanol–water partition coefficient (Wildman–Crippen LogP) is 5.00. The SMILES string of the molecule is Cc1cccc(NC(=O)N(CC(=O)N(Cc2cccn2C)C2CC2)C2CCCCC2)c1C. The molecule has 6 nitrogen and oxygen atoms in total. The first kappa shape index (κ1) is 22.4. The van der Waals surface area contributed by atoms with E-state index in [1.54, 1.807) is 0 Å². The molecule has 32 heavy (non-hydrogen) atoms. The van der Waals surface area contributed by atoms with Crippen LogP contribution in [-0.2, 0) is 18.4 Å². The van der Waals surface area contributed by atoms with Gasteiger partial charge >= 0.3 is 6.03 Å². The first-order chi connectivity index (χ1) is 15.4. The van der Waals surface area contributed by atoms with Gasteiger partial charge in [0.25, 0.3) is 0 Å². The molecule has 0 unspecified atom stereocenters. The van der Waals surface area contributed by atoms with Crippen molar-refractivity contribution in [2.45, 2.75) is 77.4 Å². The summed E-state index contributed by atoms with van der Waals surface area (Å²) in [7, 11) is 2.01. The largest absolute Gasteiger partial charge is 0.353 e. The van der Waals surface area contributed by atoms with Crippen LogP contribution in [0.3, 0.4) is 0 Å². The number of carbonyl (C=O) groups is 2. The lowest BCUT2D eigenvalue weighted by Crippen LogP contribution is -2.50. The number of anilines is 1. The summed E-state index contributed by atoms with van der Waals surface area (Å²) in [6, 6.07) is 10.3. The summed E-state index contributed by atoms with van der Waals surface area (Å²) in [5, 5.41) is 3.10. The van der Waals surface area contributed by atoms with Crippen molar-refractivity contribution in [3.63, 3.8) is 0 Å². The van der Waals surface area contributed by atoms with Crippen molar-refractivity contribution >= 4 is 17.6 Å². The molecule has 1 aromatic heterocycles. The molecule has 4 rings (SSSR count). The van der Waals surface area contributed by atoms with Crippen LogP contribution >= 0.6 is 0 Å². The average molecular weight is 437 g/mol. The van der Waals surface area contributed by atoms with Gasteiger partial charge in [-0.3, -0.25) is 4.79 Å². The number of carbonyl (C=O) groups excluding carboxylic acids is 2. The van der Waals surface area contributed by atoms with Crippen molar-refractivity contribution in [2.24, 2.45) is 7.05 Å². The molecule has 2 saturated carbocycles. The van der Waals surface area contributed by atoms with E-state index in [0.29, 0.717) is 12.6 Å². The number of nitrogens with one attached hydrogen (secondary N) is 1. The fourth-order valence-corrected chi connectivity index (χ4v) is 4.71. The van der Waals surface area contributed by atoms with Crippen LogP contribution in [0.5, 0.6) is 0 Å². The molecular formula is C26H36N4O2. The van der Waals surface area contributed by atoms with E-state index in [0.717, 1.165) is 61.0 Å². The summed E-state index contributed by atoms with van der Waals surface area (Å²) in [4.78, 5) is 30.7. The van der Waals surface area contributed by atoms with Gasteiger partial charge in [-0.2, -0.15) is 0 Å². The number of hydrogen-bond acceptors (Lipinski definition) is 2.